The van der Waals surface area contributed by atoms with Gasteiger partial charge in [0, 0.05) is 49.0 Å². The average Bonchev–Trinajstić information content (AvgIpc) is 2.73. The van der Waals surface area contributed by atoms with Gasteiger partial charge in [-0.15, -0.1) is 0 Å². The third kappa shape index (κ3) is 3.34. The molecule has 5 nitrogen and oxygen atoms in total. The molecule has 0 saturated carbocycles. The second-order valence-electron chi connectivity index (χ2n) is 5.81. The van der Waals surface area contributed by atoms with E-state index in [2.05, 4.69) is 9.80 Å². The first-order valence-corrected chi connectivity index (χ1v) is 9.35. The maximum Gasteiger partial charge on any atom is 0.153 e. The molecule has 116 valence electrons. The Kier molecular flexibility index (Phi) is 4.14. The molecule has 21 heavy (non-hydrogen) atoms. The van der Waals surface area contributed by atoms with Gasteiger partial charge >= 0.3 is 0 Å². The highest BCUT2D eigenvalue weighted by Crippen LogP contribution is 2.22. The molecule has 2 aliphatic rings. The summed E-state index contributed by atoms with van der Waals surface area (Å²) in [5, 5.41) is 0.736. The molecular formula is C14H20ClN3O2S. The average molecular weight is 330 g/mol. The van der Waals surface area contributed by atoms with E-state index in [0.29, 0.717) is 0 Å². The summed E-state index contributed by atoms with van der Waals surface area (Å²) < 4.78 is 23.4. The van der Waals surface area contributed by atoms with Crippen molar-refractivity contribution in [3.63, 3.8) is 0 Å². The zero-order valence-corrected chi connectivity index (χ0v) is 13.4. The zero-order chi connectivity index (χ0) is 15.0. The summed E-state index contributed by atoms with van der Waals surface area (Å²) in [6.45, 7) is 3.45. The molecule has 0 amide bonds. The molecule has 3 rings (SSSR count). The lowest BCUT2D eigenvalue weighted by atomic mass is 10.1. The molecule has 2 aliphatic heterocycles. The molecule has 1 aromatic rings. The van der Waals surface area contributed by atoms with E-state index in [4.69, 9.17) is 17.3 Å². The van der Waals surface area contributed by atoms with Crippen LogP contribution in [0.5, 0.6) is 0 Å². The fourth-order valence-electron chi connectivity index (χ4n) is 3.20. The number of benzene rings is 1. The molecule has 0 spiro atoms. The number of hydrogen-bond donors (Lipinski definition) is 1. The van der Waals surface area contributed by atoms with Crippen molar-refractivity contribution >= 4 is 27.1 Å². The first-order chi connectivity index (χ1) is 9.94. The van der Waals surface area contributed by atoms with Crippen LogP contribution in [0.1, 0.15) is 0 Å². The predicted octanol–water partition coefficient (Wildman–Crippen LogP) is 0.586. The molecule has 2 heterocycles. The summed E-state index contributed by atoms with van der Waals surface area (Å²) in [4.78, 5) is 4.52. The van der Waals surface area contributed by atoms with Crippen molar-refractivity contribution in [2.75, 3.05) is 42.6 Å². The van der Waals surface area contributed by atoms with Gasteiger partial charge in [-0.25, -0.2) is 8.42 Å². The fourth-order valence-corrected chi connectivity index (χ4v) is 5.24. The number of halogens is 1. The molecule has 0 bridgehead atoms. The number of nitrogens with two attached hydrogens (primary N) is 1. The van der Waals surface area contributed by atoms with E-state index in [0.717, 1.165) is 36.9 Å². The lowest BCUT2D eigenvalue weighted by Gasteiger charge is -2.39. The van der Waals surface area contributed by atoms with Crippen molar-refractivity contribution in [1.82, 2.24) is 4.90 Å². The number of anilines is 1. The Labute approximate surface area is 130 Å². The van der Waals surface area contributed by atoms with Crippen molar-refractivity contribution in [1.29, 1.82) is 0 Å². The first kappa shape index (κ1) is 15.1. The van der Waals surface area contributed by atoms with E-state index in [1.54, 1.807) is 0 Å². The highest BCUT2D eigenvalue weighted by molar-refractivity contribution is 7.91. The minimum Gasteiger partial charge on any atom is -0.369 e. The quantitative estimate of drug-likeness (QED) is 0.860. The fraction of sp³-hybridized carbons (Fsp3) is 0.571. The minimum atomic E-state index is -2.96. The summed E-state index contributed by atoms with van der Waals surface area (Å²) in [6, 6.07) is 7.54. The van der Waals surface area contributed by atoms with Gasteiger partial charge in [0.05, 0.1) is 11.5 Å². The number of rotatable bonds is 2. The first-order valence-electron chi connectivity index (χ1n) is 7.15. The van der Waals surface area contributed by atoms with Crippen LogP contribution in [0.4, 0.5) is 5.69 Å². The molecule has 0 aromatic heterocycles. The Balaban J connectivity index is 1.62. The molecule has 2 atom stereocenters. The van der Waals surface area contributed by atoms with Gasteiger partial charge in [0.15, 0.2) is 9.84 Å². The Morgan fingerprint density at radius 3 is 2.19 bits per heavy atom. The minimum absolute atomic E-state index is 0.0256. The molecule has 1 aromatic carbocycles. The van der Waals surface area contributed by atoms with Crippen LogP contribution < -0.4 is 10.6 Å². The lowest BCUT2D eigenvalue weighted by Crippen LogP contribution is -2.55. The third-order valence-corrected chi connectivity index (χ3v) is 6.33. The largest absolute Gasteiger partial charge is 0.369 e. The SMILES string of the molecule is NC1CS(=O)(=O)CC1N1CCN(c2ccc(Cl)cc2)CC1. The van der Waals surface area contributed by atoms with Crippen LogP contribution in [0, 0.1) is 0 Å². The van der Waals surface area contributed by atoms with E-state index in [1.807, 2.05) is 24.3 Å². The van der Waals surface area contributed by atoms with E-state index in [9.17, 15) is 8.42 Å². The van der Waals surface area contributed by atoms with Gasteiger partial charge in [0.25, 0.3) is 0 Å². The molecule has 2 fully saturated rings. The maximum atomic E-state index is 11.7. The van der Waals surface area contributed by atoms with E-state index in [-0.39, 0.29) is 23.6 Å². The van der Waals surface area contributed by atoms with Gasteiger partial charge in [-0.3, -0.25) is 4.90 Å². The normalized spacial score (nSPS) is 29.7. The molecule has 2 saturated heterocycles. The Morgan fingerprint density at radius 2 is 1.67 bits per heavy atom. The summed E-state index contributed by atoms with van der Waals surface area (Å²) in [5.74, 6) is 0.324. The van der Waals surface area contributed by atoms with Crippen molar-refractivity contribution in [2.24, 2.45) is 5.73 Å². The summed E-state index contributed by atoms with van der Waals surface area (Å²) in [5.41, 5.74) is 7.15. The molecule has 2 N–H and O–H groups in total. The number of nitrogens with zero attached hydrogens (tertiary/aromatic N) is 2. The maximum absolute atomic E-state index is 11.7. The van der Waals surface area contributed by atoms with Gasteiger partial charge in [0.1, 0.15) is 0 Å². The van der Waals surface area contributed by atoms with Crippen LogP contribution in [0.25, 0.3) is 0 Å². The van der Waals surface area contributed by atoms with Gasteiger partial charge in [-0.2, -0.15) is 0 Å². The van der Waals surface area contributed by atoms with Crippen LogP contribution in [-0.2, 0) is 9.84 Å². The van der Waals surface area contributed by atoms with Crippen LogP contribution >= 0.6 is 11.6 Å². The van der Waals surface area contributed by atoms with Crippen molar-refractivity contribution in [3.05, 3.63) is 29.3 Å². The van der Waals surface area contributed by atoms with E-state index >= 15 is 0 Å². The zero-order valence-electron chi connectivity index (χ0n) is 11.8. The van der Waals surface area contributed by atoms with E-state index in [1.165, 1.54) is 0 Å². The van der Waals surface area contributed by atoms with Crippen LogP contribution in [0.2, 0.25) is 5.02 Å². The topological polar surface area (TPSA) is 66.6 Å². The molecule has 7 heteroatoms. The molecule has 0 aliphatic carbocycles. The standard InChI is InChI=1S/C14H20ClN3O2S/c15-11-1-3-12(4-2-11)17-5-7-18(8-6-17)14-10-21(19,20)9-13(14)16/h1-4,13-14H,5-10,16H2. The molecule has 0 radical (unpaired) electrons. The lowest BCUT2D eigenvalue weighted by molar-refractivity contribution is 0.187. The third-order valence-electron chi connectivity index (χ3n) is 4.34. The Bertz CT molecular complexity index is 597. The van der Waals surface area contributed by atoms with E-state index < -0.39 is 9.84 Å². The number of sulfone groups is 1. The van der Waals surface area contributed by atoms with Crippen molar-refractivity contribution in [3.8, 4) is 0 Å². The summed E-state index contributed by atoms with van der Waals surface area (Å²) in [7, 11) is -2.96. The molecular weight excluding hydrogens is 310 g/mol. The number of piperazine rings is 1. The van der Waals surface area contributed by atoms with Crippen LogP contribution in [0.15, 0.2) is 24.3 Å². The Morgan fingerprint density at radius 1 is 1.05 bits per heavy atom. The van der Waals surface area contributed by atoms with Gasteiger partial charge in [0.2, 0.25) is 0 Å². The van der Waals surface area contributed by atoms with Gasteiger partial charge in [-0.1, -0.05) is 11.6 Å². The van der Waals surface area contributed by atoms with Crippen molar-refractivity contribution in [2.45, 2.75) is 12.1 Å². The van der Waals surface area contributed by atoms with Crippen LogP contribution in [-0.4, -0.2) is 63.1 Å². The predicted molar refractivity (Wildman–Crippen MR) is 85.7 cm³/mol. The number of hydrogen-bond acceptors (Lipinski definition) is 5. The Hall–Kier alpha value is -0.820. The summed E-state index contributed by atoms with van der Waals surface area (Å²) >= 11 is 5.91. The smallest absolute Gasteiger partial charge is 0.153 e. The van der Waals surface area contributed by atoms with Gasteiger partial charge in [-0.05, 0) is 24.3 Å². The monoisotopic (exact) mass is 329 g/mol. The van der Waals surface area contributed by atoms with Crippen LogP contribution in [0.3, 0.4) is 0 Å². The second-order valence-corrected chi connectivity index (χ2v) is 8.40. The summed E-state index contributed by atoms with van der Waals surface area (Å²) in [6.07, 6.45) is 0. The molecule has 2 unspecified atom stereocenters. The highest BCUT2D eigenvalue weighted by atomic mass is 35.5. The van der Waals surface area contributed by atoms with Gasteiger partial charge < -0.3 is 10.6 Å². The second kappa shape index (κ2) is 5.76. The van der Waals surface area contributed by atoms with Crippen molar-refractivity contribution < 1.29 is 8.42 Å². The highest BCUT2D eigenvalue weighted by Gasteiger charge is 2.39.